The number of hydrogen-bond donors (Lipinski definition) is 1. The molecule has 0 radical (unpaired) electrons. The standard InChI is InChI=1S/C10H15NO4S/c1-3-4-5-8(11-12)9-6-7-10(15-9)16(2,13)14/h6-7,11H,3-5H2,1-2H3. The molecule has 0 unspecified atom stereocenters. The highest BCUT2D eigenvalue weighted by atomic mass is 32.2. The van der Waals surface area contributed by atoms with Gasteiger partial charge in [0.1, 0.15) is 0 Å². The van der Waals surface area contributed by atoms with E-state index in [1.54, 1.807) is 5.16 Å². The Labute approximate surface area is 94.7 Å². The van der Waals surface area contributed by atoms with Crippen LogP contribution in [0.3, 0.4) is 0 Å². The van der Waals surface area contributed by atoms with Gasteiger partial charge in [-0.2, -0.15) is 0 Å². The van der Waals surface area contributed by atoms with Crippen molar-refractivity contribution in [2.75, 3.05) is 6.26 Å². The Morgan fingerprint density at radius 2 is 2.19 bits per heavy atom. The van der Waals surface area contributed by atoms with Crippen LogP contribution in [-0.4, -0.2) is 20.4 Å². The van der Waals surface area contributed by atoms with E-state index in [-0.39, 0.29) is 5.09 Å². The zero-order chi connectivity index (χ0) is 12.2. The summed E-state index contributed by atoms with van der Waals surface area (Å²) in [5.41, 5.74) is 0.386. The van der Waals surface area contributed by atoms with Gasteiger partial charge in [-0.3, -0.25) is 0 Å². The summed E-state index contributed by atoms with van der Waals surface area (Å²) >= 11 is 0. The molecule has 0 saturated heterocycles. The van der Waals surface area contributed by atoms with E-state index >= 15 is 0 Å². The van der Waals surface area contributed by atoms with Gasteiger partial charge >= 0.3 is 0 Å². The first-order valence-electron chi connectivity index (χ1n) is 5.03. The SMILES string of the molecule is CCCCC(=[NH+][O-])c1ccc(S(C)(=O)=O)o1. The van der Waals surface area contributed by atoms with E-state index in [0.29, 0.717) is 17.9 Å². The Bertz CT molecular complexity index is 473. The normalized spacial score (nSPS) is 13.0. The first kappa shape index (κ1) is 12.8. The summed E-state index contributed by atoms with van der Waals surface area (Å²) in [6.45, 7) is 2.01. The van der Waals surface area contributed by atoms with Crippen molar-refractivity contribution < 1.29 is 18.0 Å². The second-order valence-corrected chi connectivity index (χ2v) is 5.52. The van der Waals surface area contributed by atoms with E-state index in [2.05, 4.69) is 0 Å². The number of hydrogen-bond acceptors (Lipinski definition) is 4. The van der Waals surface area contributed by atoms with Crippen molar-refractivity contribution in [3.63, 3.8) is 0 Å². The maximum absolute atomic E-state index is 11.2. The monoisotopic (exact) mass is 245 g/mol. The van der Waals surface area contributed by atoms with Gasteiger partial charge in [0.15, 0.2) is 5.76 Å². The lowest BCUT2D eigenvalue weighted by atomic mass is 10.1. The van der Waals surface area contributed by atoms with E-state index in [9.17, 15) is 13.6 Å². The van der Waals surface area contributed by atoms with Crippen molar-refractivity contribution >= 4 is 15.5 Å². The van der Waals surface area contributed by atoms with Gasteiger partial charge in [0, 0.05) is 12.7 Å². The van der Waals surface area contributed by atoms with Crippen molar-refractivity contribution in [1.29, 1.82) is 0 Å². The van der Waals surface area contributed by atoms with E-state index in [4.69, 9.17) is 4.42 Å². The van der Waals surface area contributed by atoms with Crippen LogP contribution in [0.15, 0.2) is 21.6 Å². The lowest BCUT2D eigenvalue weighted by molar-refractivity contribution is -0.374. The number of furan rings is 1. The summed E-state index contributed by atoms with van der Waals surface area (Å²) in [4.78, 5) is 0. The molecule has 1 heterocycles. The fourth-order valence-corrected chi connectivity index (χ4v) is 1.82. The number of unbranched alkanes of at least 4 members (excludes halogenated alkanes) is 1. The molecule has 90 valence electrons. The Hall–Kier alpha value is -1.30. The summed E-state index contributed by atoms with van der Waals surface area (Å²) < 4.78 is 27.4. The summed E-state index contributed by atoms with van der Waals surface area (Å²) in [6, 6.07) is 2.85. The van der Waals surface area contributed by atoms with Crippen LogP contribution in [0.4, 0.5) is 0 Å². The minimum absolute atomic E-state index is 0.119. The van der Waals surface area contributed by atoms with Gasteiger partial charge in [-0.1, -0.05) is 13.3 Å². The van der Waals surface area contributed by atoms with Crippen LogP contribution < -0.4 is 5.16 Å². The molecule has 0 aliphatic heterocycles. The predicted molar refractivity (Wildman–Crippen MR) is 59.8 cm³/mol. The van der Waals surface area contributed by atoms with Crippen molar-refractivity contribution in [3.8, 4) is 0 Å². The first-order chi connectivity index (χ1) is 7.49. The van der Waals surface area contributed by atoms with Gasteiger partial charge in [0.2, 0.25) is 20.6 Å². The summed E-state index contributed by atoms with van der Waals surface area (Å²) in [5.74, 6) is 0.295. The second kappa shape index (κ2) is 5.16. The second-order valence-electron chi connectivity index (χ2n) is 3.58. The first-order valence-corrected chi connectivity index (χ1v) is 6.92. The van der Waals surface area contributed by atoms with Crippen LogP contribution in [0.5, 0.6) is 0 Å². The van der Waals surface area contributed by atoms with Gasteiger partial charge in [0.25, 0.3) is 0 Å². The molecule has 6 heteroatoms. The van der Waals surface area contributed by atoms with Crippen molar-refractivity contribution in [1.82, 2.24) is 0 Å². The molecule has 0 saturated carbocycles. The summed E-state index contributed by atoms with van der Waals surface area (Å²) in [5, 5.41) is 12.4. The number of rotatable bonds is 5. The Balaban J connectivity index is 2.92. The molecule has 0 atom stereocenters. The summed E-state index contributed by atoms with van der Waals surface area (Å²) in [6.07, 6.45) is 3.41. The van der Waals surface area contributed by atoms with Gasteiger partial charge in [0.05, 0.1) is 0 Å². The van der Waals surface area contributed by atoms with E-state index in [0.717, 1.165) is 19.1 Å². The van der Waals surface area contributed by atoms with Crippen LogP contribution in [0, 0.1) is 5.21 Å². The third-order valence-electron chi connectivity index (χ3n) is 2.15. The molecule has 1 aromatic rings. The van der Waals surface area contributed by atoms with Crippen LogP contribution in [0.25, 0.3) is 0 Å². The molecular formula is C10H15NO4S. The minimum atomic E-state index is -3.35. The predicted octanol–water partition coefficient (Wildman–Crippen LogP) is 0.241. The van der Waals surface area contributed by atoms with Crippen LogP contribution in [0.1, 0.15) is 31.9 Å². The number of sulfone groups is 1. The minimum Gasteiger partial charge on any atom is -0.625 e. The molecule has 1 N–H and O–H groups in total. The zero-order valence-electron chi connectivity index (χ0n) is 9.32. The van der Waals surface area contributed by atoms with Gasteiger partial charge in [-0.15, -0.1) is 0 Å². The van der Waals surface area contributed by atoms with Gasteiger partial charge in [-0.05, 0) is 18.6 Å². The van der Waals surface area contributed by atoms with Crippen molar-refractivity contribution in [2.45, 2.75) is 31.3 Å². The average molecular weight is 245 g/mol. The molecule has 0 aromatic carbocycles. The van der Waals surface area contributed by atoms with E-state index < -0.39 is 9.84 Å². The van der Waals surface area contributed by atoms with Crippen LogP contribution in [-0.2, 0) is 9.84 Å². The Morgan fingerprint density at radius 3 is 2.62 bits per heavy atom. The van der Waals surface area contributed by atoms with E-state index in [1.165, 1.54) is 12.1 Å². The molecular weight excluding hydrogens is 230 g/mol. The fourth-order valence-electron chi connectivity index (χ4n) is 1.26. The maximum atomic E-state index is 11.2. The fraction of sp³-hybridized carbons (Fsp3) is 0.500. The van der Waals surface area contributed by atoms with Crippen LogP contribution >= 0.6 is 0 Å². The Kier molecular flexibility index (Phi) is 4.12. The molecule has 16 heavy (non-hydrogen) atoms. The van der Waals surface area contributed by atoms with Crippen molar-refractivity contribution in [3.05, 3.63) is 23.1 Å². The molecule has 0 spiro atoms. The molecule has 0 amide bonds. The topological polar surface area (TPSA) is 84.3 Å². The molecule has 0 aliphatic rings. The molecule has 0 fully saturated rings. The zero-order valence-corrected chi connectivity index (χ0v) is 10.1. The quantitative estimate of drug-likeness (QED) is 0.457. The summed E-state index contributed by atoms with van der Waals surface area (Å²) in [7, 11) is -3.35. The molecule has 1 rings (SSSR count). The molecule has 0 bridgehead atoms. The Morgan fingerprint density at radius 1 is 1.50 bits per heavy atom. The third kappa shape index (κ3) is 3.10. The average Bonchev–Trinajstić information content (AvgIpc) is 2.68. The van der Waals surface area contributed by atoms with Gasteiger partial charge in [-0.25, -0.2) is 13.6 Å². The number of nitrogens with one attached hydrogen (secondary N) is 1. The van der Waals surface area contributed by atoms with Crippen LogP contribution in [0.2, 0.25) is 0 Å². The van der Waals surface area contributed by atoms with Crippen molar-refractivity contribution in [2.24, 2.45) is 0 Å². The highest BCUT2D eigenvalue weighted by Gasteiger charge is 2.17. The lowest BCUT2D eigenvalue weighted by Gasteiger charge is -1.97. The lowest BCUT2D eigenvalue weighted by Crippen LogP contribution is -2.65. The maximum Gasteiger partial charge on any atom is 0.228 e. The van der Waals surface area contributed by atoms with E-state index in [1.807, 2.05) is 6.92 Å². The smallest absolute Gasteiger partial charge is 0.228 e. The highest BCUT2D eigenvalue weighted by Crippen LogP contribution is 2.15. The molecule has 5 nitrogen and oxygen atoms in total. The highest BCUT2D eigenvalue weighted by molar-refractivity contribution is 7.90. The largest absolute Gasteiger partial charge is 0.625 e. The third-order valence-corrected chi connectivity index (χ3v) is 3.10. The molecule has 1 aromatic heterocycles. The molecule has 0 aliphatic carbocycles. The van der Waals surface area contributed by atoms with Gasteiger partial charge < -0.3 is 9.62 Å².